The number of hydrogen-bond donors (Lipinski definition) is 2. The molecule has 0 bridgehead atoms. The Bertz CT molecular complexity index is 717. The SMILES string of the molecule is CCOc1ccccc1C(=O)NCC(O)c1ccc(OC)c(OC)c1. The summed E-state index contributed by atoms with van der Waals surface area (Å²) in [7, 11) is 3.07. The van der Waals surface area contributed by atoms with Crippen LogP contribution in [-0.4, -0.2) is 38.4 Å². The summed E-state index contributed by atoms with van der Waals surface area (Å²) in [5.74, 6) is 1.31. The van der Waals surface area contributed by atoms with Crippen molar-refractivity contribution in [2.75, 3.05) is 27.4 Å². The molecule has 6 nitrogen and oxygen atoms in total. The zero-order chi connectivity index (χ0) is 18.2. The normalized spacial score (nSPS) is 11.5. The van der Waals surface area contributed by atoms with Crippen molar-refractivity contribution in [3.05, 3.63) is 53.6 Å². The molecule has 1 amide bonds. The number of hydrogen-bond acceptors (Lipinski definition) is 5. The van der Waals surface area contributed by atoms with Gasteiger partial charge in [0.2, 0.25) is 0 Å². The van der Waals surface area contributed by atoms with Crippen LogP contribution < -0.4 is 19.5 Å². The van der Waals surface area contributed by atoms with Crippen molar-refractivity contribution in [1.29, 1.82) is 0 Å². The van der Waals surface area contributed by atoms with Crippen molar-refractivity contribution < 1.29 is 24.1 Å². The zero-order valence-corrected chi connectivity index (χ0v) is 14.6. The highest BCUT2D eigenvalue weighted by molar-refractivity contribution is 5.96. The Morgan fingerprint density at radius 2 is 1.80 bits per heavy atom. The molecule has 2 aromatic rings. The molecule has 0 spiro atoms. The lowest BCUT2D eigenvalue weighted by Gasteiger charge is -2.16. The summed E-state index contributed by atoms with van der Waals surface area (Å²) in [6.07, 6.45) is -0.872. The van der Waals surface area contributed by atoms with Crippen LogP contribution in [0.2, 0.25) is 0 Å². The van der Waals surface area contributed by atoms with Gasteiger partial charge < -0.3 is 24.6 Å². The summed E-state index contributed by atoms with van der Waals surface area (Å²) in [5.41, 5.74) is 1.06. The van der Waals surface area contributed by atoms with Gasteiger partial charge in [0.1, 0.15) is 5.75 Å². The van der Waals surface area contributed by atoms with E-state index in [1.807, 2.05) is 6.92 Å². The summed E-state index contributed by atoms with van der Waals surface area (Å²) in [6, 6.07) is 12.1. The number of nitrogens with one attached hydrogen (secondary N) is 1. The average Bonchev–Trinajstić information content (AvgIpc) is 2.65. The third-order valence-electron chi connectivity index (χ3n) is 3.68. The lowest BCUT2D eigenvalue weighted by atomic mass is 10.1. The summed E-state index contributed by atoms with van der Waals surface area (Å²) in [6.45, 7) is 2.39. The Labute approximate surface area is 147 Å². The average molecular weight is 345 g/mol. The van der Waals surface area contributed by atoms with Crippen molar-refractivity contribution in [1.82, 2.24) is 5.32 Å². The maximum absolute atomic E-state index is 12.4. The number of amides is 1. The number of aliphatic hydroxyl groups is 1. The van der Waals surface area contributed by atoms with Crippen LogP contribution in [0.15, 0.2) is 42.5 Å². The first-order valence-corrected chi connectivity index (χ1v) is 8.00. The van der Waals surface area contributed by atoms with Crippen molar-refractivity contribution in [2.45, 2.75) is 13.0 Å². The molecule has 2 N–H and O–H groups in total. The number of rotatable bonds is 8. The molecule has 0 aromatic heterocycles. The highest BCUT2D eigenvalue weighted by Gasteiger charge is 2.16. The molecule has 0 aliphatic heterocycles. The summed E-state index contributed by atoms with van der Waals surface area (Å²) < 4.78 is 15.8. The summed E-state index contributed by atoms with van der Waals surface area (Å²) >= 11 is 0. The number of benzene rings is 2. The van der Waals surface area contributed by atoms with E-state index in [0.29, 0.717) is 35.0 Å². The van der Waals surface area contributed by atoms with Crippen molar-refractivity contribution in [3.63, 3.8) is 0 Å². The predicted molar refractivity (Wildman–Crippen MR) is 94.5 cm³/mol. The van der Waals surface area contributed by atoms with E-state index in [1.54, 1.807) is 49.6 Å². The van der Waals surface area contributed by atoms with Gasteiger partial charge in [0.05, 0.1) is 32.5 Å². The molecule has 2 aromatic carbocycles. The molecular weight excluding hydrogens is 322 g/mol. The number of carbonyl (C=O) groups excluding carboxylic acids is 1. The van der Waals surface area contributed by atoms with Crippen LogP contribution in [0.5, 0.6) is 17.2 Å². The van der Waals surface area contributed by atoms with Gasteiger partial charge in [-0.3, -0.25) is 4.79 Å². The summed E-state index contributed by atoms with van der Waals surface area (Å²) in [4.78, 5) is 12.4. The third kappa shape index (κ3) is 4.64. The van der Waals surface area contributed by atoms with Gasteiger partial charge in [-0.1, -0.05) is 18.2 Å². The van der Waals surface area contributed by atoms with E-state index in [-0.39, 0.29) is 12.5 Å². The van der Waals surface area contributed by atoms with E-state index >= 15 is 0 Å². The maximum atomic E-state index is 12.4. The minimum absolute atomic E-state index is 0.0643. The number of ether oxygens (including phenoxy) is 3. The van der Waals surface area contributed by atoms with Crippen LogP contribution in [0.1, 0.15) is 28.9 Å². The van der Waals surface area contributed by atoms with Gasteiger partial charge in [0, 0.05) is 6.54 Å². The molecule has 1 atom stereocenters. The Hall–Kier alpha value is -2.73. The lowest BCUT2D eigenvalue weighted by molar-refractivity contribution is 0.0912. The van der Waals surface area contributed by atoms with Crippen LogP contribution in [0.3, 0.4) is 0 Å². The first kappa shape index (κ1) is 18.6. The quantitative estimate of drug-likeness (QED) is 0.769. The Morgan fingerprint density at radius 1 is 1.08 bits per heavy atom. The zero-order valence-electron chi connectivity index (χ0n) is 14.6. The molecule has 6 heteroatoms. The second kappa shape index (κ2) is 8.94. The van der Waals surface area contributed by atoms with Gasteiger partial charge in [-0.15, -0.1) is 0 Å². The second-order valence-corrected chi connectivity index (χ2v) is 5.27. The van der Waals surface area contributed by atoms with Gasteiger partial charge in [0.15, 0.2) is 11.5 Å². The summed E-state index contributed by atoms with van der Waals surface area (Å²) in [5, 5.41) is 13.1. The molecule has 134 valence electrons. The van der Waals surface area contributed by atoms with Crippen LogP contribution in [0, 0.1) is 0 Å². The van der Waals surface area contributed by atoms with E-state index in [1.165, 1.54) is 7.11 Å². The first-order valence-electron chi connectivity index (χ1n) is 8.00. The number of aliphatic hydroxyl groups excluding tert-OH is 1. The van der Waals surface area contributed by atoms with Crippen molar-refractivity contribution >= 4 is 5.91 Å². The van der Waals surface area contributed by atoms with Crippen molar-refractivity contribution in [2.24, 2.45) is 0 Å². The molecule has 1 unspecified atom stereocenters. The first-order chi connectivity index (χ1) is 12.1. The highest BCUT2D eigenvalue weighted by Crippen LogP contribution is 2.29. The fourth-order valence-electron chi connectivity index (χ4n) is 2.40. The number of carbonyl (C=O) groups is 1. The number of para-hydroxylation sites is 1. The largest absolute Gasteiger partial charge is 0.493 e. The Balaban J connectivity index is 2.04. The van der Waals surface area contributed by atoms with Gasteiger partial charge in [0.25, 0.3) is 5.91 Å². The van der Waals surface area contributed by atoms with Gasteiger partial charge in [-0.2, -0.15) is 0 Å². The number of methoxy groups -OCH3 is 2. The van der Waals surface area contributed by atoms with E-state index in [4.69, 9.17) is 14.2 Å². The smallest absolute Gasteiger partial charge is 0.255 e. The van der Waals surface area contributed by atoms with Gasteiger partial charge in [-0.25, -0.2) is 0 Å². The molecule has 0 heterocycles. The van der Waals surface area contributed by atoms with E-state index in [0.717, 1.165) is 0 Å². The minimum Gasteiger partial charge on any atom is -0.493 e. The van der Waals surface area contributed by atoms with Crippen molar-refractivity contribution in [3.8, 4) is 17.2 Å². The fourth-order valence-corrected chi connectivity index (χ4v) is 2.40. The predicted octanol–water partition coefficient (Wildman–Crippen LogP) is 2.57. The van der Waals surface area contributed by atoms with E-state index in [9.17, 15) is 9.90 Å². The minimum atomic E-state index is -0.872. The van der Waals surface area contributed by atoms with Crippen LogP contribution in [0.4, 0.5) is 0 Å². The molecule has 0 saturated carbocycles. The molecule has 0 saturated heterocycles. The second-order valence-electron chi connectivity index (χ2n) is 5.27. The monoisotopic (exact) mass is 345 g/mol. The maximum Gasteiger partial charge on any atom is 0.255 e. The van der Waals surface area contributed by atoms with Crippen LogP contribution in [-0.2, 0) is 0 Å². The van der Waals surface area contributed by atoms with E-state index in [2.05, 4.69) is 5.32 Å². The molecular formula is C19H23NO5. The topological polar surface area (TPSA) is 77.0 Å². The Morgan fingerprint density at radius 3 is 2.48 bits per heavy atom. The fraction of sp³-hybridized carbons (Fsp3) is 0.316. The lowest BCUT2D eigenvalue weighted by Crippen LogP contribution is -2.28. The third-order valence-corrected chi connectivity index (χ3v) is 3.68. The molecule has 0 fully saturated rings. The highest BCUT2D eigenvalue weighted by atomic mass is 16.5. The standard InChI is InChI=1S/C19H23NO5/c1-4-25-16-8-6-5-7-14(16)19(22)20-12-15(21)13-9-10-17(23-2)18(11-13)24-3/h5-11,15,21H,4,12H2,1-3H3,(H,20,22). The van der Waals surface area contributed by atoms with E-state index < -0.39 is 6.10 Å². The molecule has 0 aliphatic carbocycles. The Kier molecular flexibility index (Phi) is 6.65. The van der Waals surface area contributed by atoms with Crippen LogP contribution >= 0.6 is 0 Å². The van der Waals surface area contributed by atoms with Gasteiger partial charge in [-0.05, 0) is 36.8 Å². The molecule has 0 radical (unpaired) electrons. The van der Waals surface area contributed by atoms with Crippen LogP contribution in [0.25, 0.3) is 0 Å². The molecule has 2 rings (SSSR count). The molecule has 0 aliphatic rings. The van der Waals surface area contributed by atoms with Gasteiger partial charge >= 0.3 is 0 Å². The molecule has 25 heavy (non-hydrogen) atoms.